The molecule has 0 bridgehead atoms. The number of carbonyl (C=O) groups is 1. The molecule has 2 aromatic rings. The lowest BCUT2D eigenvalue weighted by Gasteiger charge is -2.17. The molecule has 0 aromatic carbocycles. The van der Waals surface area contributed by atoms with Gasteiger partial charge in [-0.2, -0.15) is 0 Å². The summed E-state index contributed by atoms with van der Waals surface area (Å²) in [5.74, 6) is -0.233. The lowest BCUT2D eigenvalue weighted by atomic mass is 10.1. The molecule has 1 aliphatic heterocycles. The van der Waals surface area contributed by atoms with Crippen LogP contribution in [0.5, 0.6) is 0 Å². The average Bonchev–Trinajstić information content (AvgIpc) is 3.04. The molecule has 126 valence electrons. The maximum absolute atomic E-state index is 12.9. The van der Waals surface area contributed by atoms with E-state index in [-0.39, 0.29) is 23.1 Å². The molecule has 2 aromatic heterocycles. The van der Waals surface area contributed by atoms with Crippen LogP contribution in [0.15, 0.2) is 29.2 Å². The number of hydrogen-bond acceptors (Lipinski definition) is 5. The molecular weight excluding hydrogens is 313 g/mol. The summed E-state index contributed by atoms with van der Waals surface area (Å²) in [5, 5.41) is 0. The van der Waals surface area contributed by atoms with Crippen molar-refractivity contribution < 1.29 is 9.18 Å². The van der Waals surface area contributed by atoms with Gasteiger partial charge in [0.1, 0.15) is 11.5 Å². The lowest BCUT2D eigenvalue weighted by molar-refractivity contribution is 0.0785. The molecule has 1 amide bonds. The van der Waals surface area contributed by atoms with Crippen molar-refractivity contribution in [1.29, 1.82) is 0 Å². The van der Waals surface area contributed by atoms with E-state index in [2.05, 4.69) is 15.0 Å². The molecule has 1 saturated heterocycles. The highest BCUT2D eigenvalue weighted by Gasteiger charge is 2.30. The summed E-state index contributed by atoms with van der Waals surface area (Å²) in [5.41, 5.74) is 0.670. The Labute approximate surface area is 138 Å². The van der Waals surface area contributed by atoms with E-state index < -0.39 is 5.82 Å². The average molecular weight is 331 g/mol. The second-order valence-corrected chi connectivity index (χ2v) is 5.99. The predicted octanol–water partition coefficient (Wildman–Crippen LogP) is 1.000. The highest BCUT2D eigenvalue weighted by atomic mass is 19.1. The van der Waals surface area contributed by atoms with E-state index in [1.54, 1.807) is 23.9 Å². The van der Waals surface area contributed by atoms with Crippen LogP contribution >= 0.6 is 0 Å². The van der Waals surface area contributed by atoms with Gasteiger partial charge in [0.2, 0.25) is 5.95 Å². The summed E-state index contributed by atoms with van der Waals surface area (Å²) < 4.78 is 12.9. The number of anilines is 1. The molecule has 1 fully saturated rings. The zero-order valence-electron chi connectivity index (χ0n) is 13.5. The molecule has 1 atom stereocenters. The first kappa shape index (κ1) is 16.1. The molecular formula is C16H18FN5O2. The smallest absolute Gasteiger partial charge is 0.272 e. The Morgan fingerprint density at radius 1 is 1.42 bits per heavy atom. The SMILES string of the molecule is CN(C)c1nc(C2CCN(C(=O)c3ccc(F)cn3)C2)cc(=O)[nH]1. The van der Waals surface area contributed by atoms with E-state index >= 15 is 0 Å². The largest absolute Gasteiger partial charge is 0.348 e. The number of halogens is 1. The van der Waals surface area contributed by atoms with Crippen LogP contribution in [0.3, 0.4) is 0 Å². The van der Waals surface area contributed by atoms with Crippen molar-refractivity contribution >= 4 is 11.9 Å². The Kier molecular flexibility index (Phi) is 4.28. The fraction of sp³-hybridized carbons (Fsp3) is 0.375. The van der Waals surface area contributed by atoms with E-state index in [4.69, 9.17) is 0 Å². The molecule has 1 N–H and O–H groups in total. The van der Waals surface area contributed by atoms with Crippen LogP contribution < -0.4 is 10.5 Å². The number of pyridine rings is 1. The highest BCUT2D eigenvalue weighted by molar-refractivity contribution is 5.92. The molecule has 1 unspecified atom stereocenters. The molecule has 7 nitrogen and oxygen atoms in total. The van der Waals surface area contributed by atoms with Crippen molar-refractivity contribution in [2.75, 3.05) is 32.1 Å². The van der Waals surface area contributed by atoms with Gasteiger partial charge in [0, 0.05) is 39.2 Å². The predicted molar refractivity (Wildman–Crippen MR) is 86.6 cm³/mol. The number of H-pyrrole nitrogens is 1. The zero-order chi connectivity index (χ0) is 17.3. The van der Waals surface area contributed by atoms with Gasteiger partial charge in [0.15, 0.2) is 0 Å². The van der Waals surface area contributed by atoms with Gasteiger partial charge in [0.25, 0.3) is 11.5 Å². The van der Waals surface area contributed by atoms with Crippen LogP contribution in [0.2, 0.25) is 0 Å². The minimum atomic E-state index is -0.477. The molecule has 0 saturated carbocycles. The fourth-order valence-electron chi connectivity index (χ4n) is 2.73. The van der Waals surface area contributed by atoms with E-state index in [9.17, 15) is 14.0 Å². The van der Waals surface area contributed by atoms with Crippen molar-refractivity contribution in [2.24, 2.45) is 0 Å². The molecule has 24 heavy (non-hydrogen) atoms. The molecule has 0 radical (unpaired) electrons. The normalized spacial score (nSPS) is 17.1. The van der Waals surface area contributed by atoms with Crippen molar-refractivity contribution in [2.45, 2.75) is 12.3 Å². The summed E-state index contributed by atoms with van der Waals surface area (Å²) in [6, 6.07) is 4.07. The van der Waals surface area contributed by atoms with Crippen molar-refractivity contribution in [3.8, 4) is 0 Å². The van der Waals surface area contributed by atoms with Crippen molar-refractivity contribution in [3.05, 3.63) is 52.0 Å². The minimum Gasteiger partial charge on any atom is -0.348 e. The third-order valence-electron chi connectivity index (χ3n) is 4.01. The maximum Gasteiger partial charge on any atom is 0.272 e. The minimum absolute atomic E-state index is 0.00426. The number of likely N-dealkylation sites (tertiary alicyclic amines) is 1. The van der Waals surface area contributed by atoms with Gasteiger partial charge in [-0.3, -0.25) is 14.6 Å². The van der Waals surface area contributed by atoms with E-state index in [1.165, 1.54) is 18.2 Å². The number of amides is 1. The Morgan fingerprint density at radius 2 is 2.21 bits per heavy atom. The molecule has 3 heterocycles. The van der Waals surface area contributed by atoms with Gasteiger partial charge in [-0.05, 0) is 18.6 Å². The second-order valence-electron chi connectivity index (χ2n) is 5.99. The monoisotopic (exact) mass is 331 g/mol. The van der Waals surface area contributed by atoms with Crippen LogP contribution in [0, 0.1) is 5.82 Å². The first-order chi connectivity index (χ1) is 11.4. The van der Waals surface area contributed by atoms with Crippen molar-refractivity contribution in [1.82, 2.24) is 19.9 Å². The zero-order valence-corrected chi connectivity index (χ0v) is 13.5. The van der Waals surface area contributed by atoms with Crippen LogP contribution in [0.1, 0.15) is 28.5 Å². The van der Waals surface area contributed by atoms with E-state index in [1.807, 2.05) is 0 Å². The highest BCUT2D eigenvalue weighted by Crippen LogP contribution is 2.26. The van der Waals surface area contributed by atoms with Gasteiger partial charge in [0.05, 0.1) is 11.9 Å². The molecule has 1 aliphatic rings. The van der Waals surface area contributed by atoms with Gasteiger partial charge >= 0.3 is 0 Å². The van der Waals surface area contributed by atoms with Crippen LogP contribution in [0.4, 0.5) is 10.3 Å². The van der Waals surface area contributed by atoms with Gasteiger partial charge in [-0.1, -0.05) is 0 Å². The van der Waals surface area contributed by atoms with Gasteiger partial charge < -0.3 is 9.80 Å². The Morgan fingerprint density at radius 3 is 2.88 bits per heavy atom. The van der Waals surface area contributed by atoms with Gasteiger partial charge in [-0.15, -0.1) is 0 Å². The summed E-state index contributed by atoms with van der Waals surface area (Å²) >= 11 is 0. The van der Waals surface area contributed by atoms with Crippen molar-refractivity contribution in [3.63, 3.8) is 0 Å². The van der Waals surface area contributed by atoms with Crippen LogP contribution in [-0.4, -0.2) is 52.9 Å². The fourth-order valence-corrected chi connectivity index (χ4v) is 2.73. The second kappa shape index (κ2) is 6.38. The van der Waals surface area contributed by atoms with Crippen LogP contribution in [0.25, 0.3) is 0 Å². The van der Waals surface area contributed by atoms with E-state index in [0.717, 1.165) is 12.6 Å². The summed E-state index contributed by atoms with van der Waals surface area (Å²) in [6.45, 7) is 1.01. The lowest BCUT2D eigenvalue weighted by Crippen LogP contribution is -2.29. The number of nitrogens with one attached hydrogen (secondary N) is 1. The number of aromatic amines is 1. The summed E-state index contributed by atoms with van der Waals surface area (Å²) in [7, 11) is 3.60. The summed E-state index contributed by atoms with van der Waals surface area (Å²) in [4.78, 5) is 38.6. The third-order valence-corrected chi connectivity index (χ3v) is 4.01. The number of nitrogens with zero attached hydrogens (tertiary/aromatic N) is 4. The van der Waals surface area contributed by atoms with E-state index in [0.29, 0.717) is 24.7 Å². The molecule has 0 aliphatic carbocycles. The molecule has 0 spiro atoms. The first-order valence-electron chi connectivity index (χ1n) is 7.63. The summed E-state index contributed by atoms with van der Waals surface area (Å²) in [6.07, 6.45) is 1.75. The number of carbonyl (C=O) groups excluding carboxylic acids is 1. The Hall–Kier alpha value is -2.77. The molecule has 8 heteroatoms. The topological polar surface area (TPSA) is 82.2 Å². The Balaban J connectivity index is 1.77. The standard InChI is InChI=1S/C16H18FN5O2/c1-21(2)16-19-13(7-14(23)20-16)10-5-6-22(9-10)15(24)12-4-3-11(17)8-18-12/h3-4,7-8,10H,5-6,9H2,1-2H3,(H,19,20,23). The van der Waals surface area contributed by atoms with Gasteiger partial charge in [-0.25, -0.2) is 14.4 Å². The quantitative estimate of drug-likeness (QED) is 0.907. The third kappa shape index (κ3) is 3.27. The number of hydrogen-bond donors (Lipinski definition) is 1. The molecule has 3 rings (SSSR count). The number of aromatic nitrogens is 3. The van der Waals surface area contributed by atoms with Crippen LogP contribution in [-0.2, 0) is 0 Å². The maximum atomic E-state index is 12.9. The Bertz CT molecular complexity index is 803. The first-order valence-corrected chi connectivity index (χ1v) is 7.63. The number of rotatable bonds is 3.